The van der Waals surface area contributed by atoms with Crippen molar-refractivity contribution in [1.29, 1.82) is 0 Å². The molecule has 1 aromatic carbocycles. The number of rotatable bonds is 3. The van der Waals surface area contributed by atoms with Crippen LogP contribution in [0.5, 0.6) is 0 Å². The van der Waals surface area contributed by atoms with E-state index in [0.717, 1.165) is 42.3 Å². The van der Waals surface area contributed by atoms with Gasteiger partial charge in [-0.05, 0) is 54.0 Å². The molecule has 0 bridgehead atoms. The van der Waals surface area contributed by atoms with Crippen molar-refractivity contribution in [2.24, 2.45) is 11.1 Å². The molecule has 7 nitrogen and oxygen atoms in total. The van der Waals surface area contributed by atoms with Crippen molar-refractivity contribution in [2.75, 3.05) is 23.7 Å². The van der Waals surface area contributed by atoms with Crippen LogP contribution in [0.3, 0.4) is 0 Å². The van der Waals surface area contributed by atoms with Gasteiger partial charge in [0, 0.05) is 35.2 Å². The lowest BCUT2D eigenvalue weighted by Gasteiger charge is -2.42. The third-order valence-electron chi connectivity index (χ3n) is 6.31. The Hall–Kier alpha value is -2.13. The second kappa shape index (κ2) is 8.09. The number of hydrogen-bond donors (Lipinski definition) is 2. The third kappa shape index (κ3) is 3.82. The molecule has 2 aromatic heterocycles. The fourth-order valence-corrected chi connectivity index (χ4v) is 5.73. The van der Waals surface area contributed by atoms with E-state index in [1.54, 1.807) is 18.5 Å². The van der Waals surface area contributed by atoms with Gasteiger partial charge in [-0.2, -0.15) is 0 Å². The Labute approximate surface area is 194 Å². The Kier molecular flexibility index (Phi) is 5.42. The van der Waals surface area contributed by atoms with E-state index < -0.39 is 0 Å². The average molecular weight is 474 g/mol. The highest BCUT2D eigenvalue weighted by Gasteiger charge is 2.46. The Bertz CT molecular complexity index is 1120. The summed E-state index contributed by atoms with van der Waals surface area (Å²) < 4.78 is 0. The van der Waals surface area contributed by atoms with Gasteiger partial charge in [-0.15, -0.1) is 10.2 Å². The topological polar surface area (TPSA) is 107 Å². The smallest absolute Gasteiger partial charge is 0.245 e. The zero-order valence-corrected chi connectivity index (χ0v) is 19.0. The Morgan fingerprint density at radius 1 is 1.10 bits per heavy atom. The van der Waals surface area contributed by atoms with Crippen LogP contribution < -0.4 is 16.4 Å². The van der Waals surface area contributed by atoms with Crippen LogP contribution in [0.25, 0.3) is 0 Å². The highest BCUT2D eigenvalue weighted by molar-refractivity contribution is 7.99. The van der Waals surface area contributed by atoms with E-state index in [1.807, 2.05) is 6.07 Å². The van der Waals surface area contributed by atoms with Crippen LogP contribution in [-0.4, -0.2) is 33.3 Å². The molecule has 1 fully saturated rings. The summed E-state index contributed by atoms with van der Waals surface area (Å²) in [6, 6.07) is 7.90. The molecule has 3 heterocycles. The summed E-state index contributed by atoms with van der Waals surface area (Å²) in [5.41, 5.74) is 15.0. The molecule has 1 aliphatic heterocycles. The van der Waals surface area contributed by atoms with Crippen LogP contribution in [0.15, 0.2) is 46.6 Å². The van der Waals surface area contributed by atoms with Gasteiger partial charge in [0.25, 0.3) is 0 Å². The van der Waals surface area contributed by atoms with Crippen LogP contribution >= 0.6 is 35.0 Å². The van der Waals surface area contributed by atoms with Crippen LogP contribution in [0, 0.1) is 5.41 Å². The zero-order valence-electron chi connectivity index (χ0n) is 16.6. The number of fused-ring (bicyclic) bond motifs is 1. The summed E-state index contributed by atoms with van der Waals surface area (Å²) in [6.45, 7) is 1.69. The van der Waals surface area contributed by atoms with E-state index >= 15 is 0 Å². The normalized spacial score (nSPS) is 19.6. The molecule has 1 aliphatic carbocycles. The van der Waals surface area contributed by atoms with Crippen LogP contribution in [-0.2, 0) is 6.42 Å². The summed E-state index contributed by atoms with van der Waals surface area (Å²) in [6.07, 6.45) is 6.26. The van der Waals surface area contributed by atoms with E-state index in [0.29, 0.717) is 21.8 Å². The third-order valence-corrected chi connectivity index (χ3v) is 8.01. The molecule has 0 unspecified atom stereocenters. The number of piperidine rings is 1. The molecule has 5 rings (SSSR count). The molecule has 31 heavy (non-hydrogen) atoms. The fraction of sp³-hybridized carbons (Fsp3) is 0.333. The minimum Gasteiger partial charge on any atom is -0.382 e. The summed E-state index contributed by atoms with van der Waals surface area (Å²) >= 11 is 13.8. The van der Waals surface area contributed by atoms with Crippen molar-refractivity contribution in [3.63, 3.8) is 0 Å². The SMILES string of the molecule is Nc1nccc(Sc2cnc(N3CCC4(CC3)Cc3cc(Cl)ccc3[C@@H]4N)nn2)c1Cl. The van der Waals surface area contributed by atoms with Crippen molar-refractivity contribution in [2.45, 2.75) is 35.2 Å². The van der Waals surface area contributed by atoms with Gasteiger partial charge in [0.1, 0.15) is 10.8 Å². The number of anilines is 2. The van der Waals surface area contributed by atoms with Gasteiger partial charge in [-0.3, -0.25) is 0 Å². The number of aromatic nitrogens is 4. The molecule has 1 saturated heterocycles. The minimum absolute atomic E-state index is 0.0392. The van der Waals surface area contributed by atoms with Gasteiger partial charge < -0.3 is 16.4 Å². The number of nitrogens with zero attached hydrogens (tertiary/aromatic N) is 5. The first-order valence-electron chi connectivity index (χ1n) is 10.0. The molecule has 0 radical (unpaired) electrons. The lowest BCUT2D eigenvalue weighted by Crippen LogP contribution is -2.45. The maximum absolute atomic E-state index is 6.67. The van der Waals surface area contributed by atoms with Crippen molar-refractivity contribution in [3.8, 4) is 0 Å². The summed E-state index contributed by atoms with van der Waals surface area (Å²) in [7, 11) is 0. The predicted octanol–water partition coefficient (Wildman–Crippen LogP) is 4.15. The quantitative estimate of drug-likeness (QED) is 0.583. The van der Waals surface area contributed by atoms with Crippen molar-refractivity contribution < 1.29 is 0 Å². The number of pyridine rings is 1. The van der Waals surface area contributed by atoms with Crippen LogP contribution in [0.4, 0.5) is 11.8 Å². The molecule has 4 N–H and O–H groups in total. The lowest BCUT2D eigenvalue weighted by atomic mass is 9.73. The minimum atomic E-state index is 0.0392. The first-order valence-corrected chi connectivity index (χ1v) is 11.6. The number of nitrogens with two attached hydrogens (primary N) is 2. The van der Waals surface area contributed by atoms with Gasteiger partial charge in [-0.1, -0.05) is 41.0 Å². The summed E-state index contributed by atoms with van der Waals surface area (Å²) in [5, 5.41) is 10.5. The second-order valence-corrected chi connectivity index (χ2v) is 9.93. The summed E-state index contributed by atoms with van der Waals surface area (Å²) in [4.78, 5) is 11.4. The second-order valence-electron chi connectivity index (χ2n) is 8.05. The average Bonchev–Trinajstić information content (AvgIpc) is 3.03. The molecular formula is C21H21Cl2N7S. The number of hydrogen-bond acceptors (Lipinski definition) is 8. The highest BCUT2D eigenvalue weighted by atomic mass is 35.5. The van der Waals surface area contributed by atoms with Gasteiger partial charge in [0.05, 0.1) is 11.2 Å². The first-order chi connectivity index (χ1) is 14.9. The number of halogens is 2. The van der Waals surface area contributed by atoms with Crippen LogP contribution in [0.2, 0.25) is 10.0 Å². The fourth-order valence-electron chi connectivity index (χ4n) is 4.57. The standard InChI is InChI=1S/C21H21Cl2N7S/c22-13-1-2-14-12(9-13)10-21(18(14)24)4-7-30(8-5-21)20-27-11-16(28-29-20)31-15-3-6-26-19(25)17(15)23/h1-3,6,9,11,18H,4-5,7-8,10,24H2,(H2,25,26)/t18-/m0/s1. The lowest BCUT2D eigenvalue weighted by molar-refractivity contribution is 0.186. The largest absolute Gasteiger partial charge is 0.382 e. The first kappa shape index (κ1) is 20.8. The predicted molar refractivity (Wildman–Crippen MR) is 124 cm³/mol. The number of benzene rings is 1. The molecule has 3 aromatic rings. The Morgan fingerprint density at radius 2 is 1.90 bits per heavy atom. The zero-order chi connectivity index (χ0) is 21.6. The number of nitrogen functional groups attached to an aromatic ring is 1. The highest BCUT2D eigenvalue weighted by Crippen LogP contribution is 2.51. The van der Waals surface area contributed by atoms with Crippen molar-refractivity contribution in [3.05, 3.63) is 57.8 Å². The van der Waals surface area contributed by atoms with Gasteiger partial charge in [0.15, 0.2) is 0 Å². The Morgan fingerprint density at radius 3 is 2.65 bits per heavy atom. The molecule has 0 saturated carbocycles. The summed E-state index contributed by atoms with van der Waals surface area (Å²) in [5.74, 6) is 0.924. The van der Waals surface area contributed by atoms with E-state index in [2.05, 4.69) is 37.2 Å². The molecule has 0 amide bonds. The maximum Gasteiger partial charge on any atom is 0.245 e. The molecule has 2 aliphatic rings. The molecule has 10 heteroatoms. The Balaban J connectivity index is 1.26. The van der Waals surface area contributed by atoms with Gasteiger partial charge >= 0.3 is 0 Å². The molecule has 1 atom stereocenters. The van der Waals surface area contributed by atoms with E-state index in [-0.39, 0.29) is 11.5 Å². The van der Waals surface area contributed by atoms with Crippen LogP contribution in [0.1, 0.15) is 30.0 Å². The maximum atomic E-state index is 6.67. The van der Waals surface area contributed by atoms with Gasteiger partial charge in [0.2, 0.25) is 5.95 Å². The molecular weight excluding hydrogens is 453 g/mol. The van der Waals surface area contributed by atoms with E-state index in [4.69, 9.17) is 34.7 Å². The molecule has 1 spiro atoms. The van der Waals surface area contributed by atoms with E-state index in [1.165, 1.54) is 22.9 Å². The molecule has 160 valence electrons. The van der Waals surface area contributed by atoms with Crippen molar-refractivity contribution in [1.82, 2.24) is 20.2 Å². The van der Waals surface area contributed by atoms with E-state index in [9.17, 15) is 0 Å². The van der Waals surface area contributed by atoms with Crippen molar-refractivity contribution >= 4 is 46.7 Å². The monoisotopic (exact) mass is 473 g/mol. The van der Waals surface area contributed by atoms with Gasteiger partial charge in [-0.25, -0.2) is 9.97 Å².